The van der Waals surface area contributed by atoms with E-state index in [-0.39, 0.29) is 6.61 Å². The molecular formula is C22H22ClNO6S. The number of carbonyl (C=O) groups excluding carboxylic acids is 1. The Balaban J connectivity index is 1.84. The monoisotopic (exact) mass is 463 g/mol. The molecule has 4 rings (SSSR count). The van der Waals surface area contributed by atoms with Gasteiger partial charge in [-0.25, -0.2) is 17.2 Å². The quantitative estimate of drug-likeness (QED) is 0.590. The number of hydrogen-bond acceptors (Lipinski definition) is 6. The molecule has 9 heteroatoms. The molecule has 0 radical (unpaired) electrons. The van der Waals surface area contributed by atoms with Crippen molar-refractivity contribution in [3.8, 4) is 0 Å². The molecule has 1 aliphatic carbocycles. The van der Waals surface area contributed by atoms with Crippen LogP contribution < -0.4 is 0 Å². The first-order chi connectivity index (χ1) is 14.6. The summed E-state index contributed by atoms with van der Waals surface area (Å²) in [5, 5.41) is 1.15. The van der Waals surface area contributed by atoms with Gasteiger partial charge in [0.05, 0.1) is 42.4 Å². The van der Waals surface area contributed by atoms with E-state index in [0.717, 1.165) is 5.57 Å². The zero-order valence-electron chi connectivity index (χ0n) is 17.3. The summed E-state index contributed by atoms with van der Waals surface area (Å²) in [6, 6.07) is 6.72. The van der Waals surface area contributed by atoms with Crippen molar-refractivity contribution in [3.63, 3.8) is 0 Å². The standard InChI is InChI=1S/C22H22ClNO6S/c1-22(2,21(25)28-3)30-13-17-11-15-10-16(23)5-6-19(15)24(17)31(26,27)20-7-4-14-12-29-9-8-18(14)20/h5-6,8-12H,4,7,13H2,1-3H3. The van der Waals surface area contributed by atoms with Gasteiger partial charge < -0.3 is 14.2 Å². The molecule has 0 amide bonds. The Morgan fingerprint density at radius 2 is 2.03 bits per heavy atom. The predicted molar refractivity (Wildman–Crippen MR) is 117 cm³/mol. The molecule has 0 N–H and O–H groups in total. The van der Waals surface area contributed by atoms with Gasteiger partial charge in [-0.05, 0) is 62.6 Å². The normalized spacial score (nSPS) is 16.3. The smallest absolute Gasteiger partial charge is 0.337 e. The van der Waals surface area contributed by atoms with E-state index < -0.39 is 21.6 Å². The Labute approximate surface area is 185 Å². The van der Waals surface area contributed by atoms with Gasteiger partial charge in [0.25, 0.3) is 10.0 Å². The third kappa shape index (κ3) is 3.79. The summed E-state index contributed by atoms with van der Waals surface area (Å²) >= 11 is 6.13. The summed E-state index contributed by atoms with van der Waals surface area (Å²) in [7, 11) is -2.64. The molecule has 0 fully saturated rings. The van der Waals surface area contributed by atoms with Crippen LogP contribution in [0.1, 0.15) is 32.4 Å². The number of fused-ring (bicyclic) bond motifs is 2. The van der Waals surface area contributed by atoms with Crippen LogP contribution in [-0.4, -0.2) is 31.1 Å². The summed E-state index contributed by atoms with van der Waals surface area (Å²) in [4.78, 5) is 12.3. The molecule has 0 saturated carbocycles. The molecule has 0 bridgehead atoms. The van der Waals surface area contributed by atoms with Crippen LogP contribution >= 0.6 is 11.6 Å². The lowest BCUT2D eigenvalue weighted by molar-refractivity contribution is -0.166. The molecule has 2 heterocycles. The average molecular weight is 464 g/mol. The van der Waals surface area contributed by atoms with Crippen LogP contribution in [0.15, 0.2) is 58.9 Å². The third-order valence-electron chi connectivity index (χ3n) is 5.39. The Hall–Kier alpha value is -2.55. The molecule has 0 unspecified atom stereocenters. The van der Waals surface area contributed by atoms with Crippen molar-refractivity contribution in [2.24, 2.45) is 0 Å². The lowest BCUT2D eigenvalue weighted by Gasteiger charge is -2.23. The maximum atomic E-state index is 13.8. The number of hydrogen-bond donors (Lipinski definition) is 0. The van der Waals surface area contributed by atoms with Crippen LogP contribution in [-0.2, 0) is 35.6 Å². The van der Waals surface area contributed by atoms with Gasteiger partial charge in [-0.3, -0.25) is 0 Å². The van der Waals surface area contributed by atoms with Crippen molar-refractivity contribution < 1.29 is 27.4 Å². The van der Waals surface area contributed by atoms with Gasteiger partial charge in [-0.2, -0.15) is 0 Å². The maximum absolute atomic E-state index is 13.8. The number of esters is 1. The molecule has 164 valence electrons. The topological polar surface area (TPSA) is 83.8 Å². The van der Waals surface area contributed by atoms with Gasteiger partial charge in [-0.1, -0.05) is 11.6 Å². The lowest BCUT2D eigenvalue weighted by atomic mass is 10.1. The number of rotatable bonds is 6. The molecular weight excluding hydrogens is 442 g/mol. The molecule has 1 aromatic heterocycles. The fraction of sp³-hybridized carbons (Fsp3) is 0.318. The molecule has 1 aliphatic heterocycles. The second-order valence-electron chi connectivity index (χ2n) is 7.82. The highest BCUT2D eigenvalue weighted by atomic mass is 35.5. The van der Waals surface area contributed by atoms with Gasteiger partial charge in [0.2, 0.25) is 0 Å². The SMILES string of the molecule is COC(=O)C(C)(C)OCc1cc2cc(Cl)ccc2n1S(=O)(=O)C1=C2C=COC=C2CC1. The Kier molecular flexibility index (Phi) is 5.49. The minimum Gasteiger partial charge on any atom is -0.472 e. The van der Waals surface area contributed by atoms with Crippen molar-refractivity contribution >= 4 is 38.5 Å². The highest BCUT2D eigenvalue weighted by molar-refractivity contribution is 7.94. The van der Waals surface area contributed by atoms with E-state index >= 15 is 0 Å². The van der Waals surface area contributed by atoms with Crippen LogP contribution in [0.4, 0.5) is 0 Å². The van der Waals surface area contributed by atoms with E-state index in [1.165, 1.54) is 17.3 Å². The van der Waals surface area contributed by atoms with E-state index in [2.05, 4.69) is 0 Å². The summed E-state index contributed by atoms with van der Waals surface area (Å²) in [5.74, 6) is -0.552. The van der Waals surface area contributed by atoms with Crippen LogP contribution in [0.3, 0.4) is 0 Å². The highest BCUT2D eigenvalue weighted by Crippen LogP contribution is 2.39. The number of benzene rings is 1. The minimum atomic E-state index is -3.92. The van der Waals surface area contributed by atoms with Gasteiger partial charge in [0.1, 0.15) is 0 Å². The average Bonchev–Trinajstić information content (AvgIpc) is 3.33. The van der Waals surface area contributed by atoms with Crippen molar-refractivity contribution in [1.29, 1.82) is 0 Å². The Bertz CT molecular complexity index is 1270. The minimum absolute atomic E-state index is 0.113. The van der Waals surface area contributed by atoms with Gasteiger partial charge in [0.15, 0.2) is 5.60 Å². The van der Waals surface area contributed by atoms with E-state index in [1.807, 2.05) is 0 Å². The first-order valence-corrected chi connectivity index (χ1v) is 11.5. The second kappa shape index (κ2) is 7.85. The molecule has 2 aromatic rings. The maximum Gasteiger partial charge on any atom is 0.337 e. The summed E-state index contributed by atoms with van der Waals surface area (Å²) in [6.07, 6.45) is 5.68. The fourth-order valence-electron chi connectivity index (χ4n) is 3.79. The first kappa shape index (κ1) is 21.7. The van der Waals surface area contributed by atoms with E-state index in [9.17, 15) is 13.2 Å². The largest absolute Gasteiger partial charge is 0.472 e. The van der Waals surface area contributed by atoms with Crippen molar-refractivity contribution in [2.75, 3.05) is 7.11 Å². The number of halogens is 1. The van der Waals surface area contributed by atoms with Crippen LogP contribution in [0, 0.1) is 0 Å². The first-order valence-electron chi connectivity index (χ1n) is 9.67. The third-order valence-corrected chi connectivity index (χ3v) is 7.59. The van der Waals surface area contributed by atoms with Gasteiger partial charge in [-0.15, -0.1) is 0 Å². The van der Waals surface area contributed by atoms with Crippen LogP contribution in [0.5, 0.6) is 0 Å². The summed E-state index contributed by atoms with van der Waals surface area (Å²) in [6.45, 7) is 3.03. The zero-order valence-corrected chi connectivity index (χ0v) is 18.9. The number of ether oxygens (including phenoxy) is 3. The van der Waals surface area contributed by atoms with Gasteiger partial charge >= 0.3 is 5.97 Å². The second-order valence-corrected chi connectivity index (χ2v) is 10.1. The van der Waals surface area contributed by atoms with Crippen molar-refractivity contribution in [1.82, 2.24) is 3.97 Å². The molecule has 7 nitrogen and oxygen atoms in total. The number of carbonyl (C=O) groups is 1. The Morgan fingerprint density at radius 1 is 1.26 bits per heavy atom. The zero-order chi connectivity index (χ0) is 22.4. The summed E-state index contributed by atoms with van der Waals surface area (Å²) in [5.41, 5.74) is 1.14. The van der Waals surface area contributed by atoms with Gasteiger partial charge in [0, 0.05) is 16.0 Å². The van der Waals surface area contributed by atoms with E-state index in [4.69, 9.17) is 25.8 Å². The molecule has 2 aliphatic rings. The number of allylic oxidation sites excluding steroid dienone is 4. The summed E-state index contributed by atoms with van der Waals surface area (Å²) < 4.78 is 44.6. The van der Waals surface area contributed by atoms with E-state index in [0.29, 0.717) is 44.9 Å². The number of nitrogens with zero attached hydrogens (tertiary/aromatic N) is 1. The predicted octanol–water partition coefficient (Wildman–Crippen LogP) is 4.42. The van der Waals surface area contributed by atoms with Crippen LogP contribution in [0.25, 0.3) is 10.9 Å². The number of aromatic nitrogens is 1. The molecule has 0 atom stereocenters. The molecule has 0 saturated heterocycles. The number of methoxy groups -OCH3 is 1. The molecule has 1 aromatic carbocycles. The molecule has 31 heavy (non-hydrogen) atoms. The fourth-order valence-corrected chi connectivity index (χ4v) is 5.87. The van der Waals surface area contributed by atoms with Crippen LogP contribution in [0.2, 0.25) is 5.02 Å². The highest BCUT2D eigenvalue weighted by Gasteiger charge is 2.34. The lowest BCUT2D eigenvalue weighted by Crippen LogP contribution is -2.36. The Morgan fingerprint density at radius 3 is 2.77 bits per heavy atom. The van der Waals surface area contributed by atoms with E-state index in [1.54, 1.807) is 50.5 Å². The molecule has 0 spiro atoms. The van der Waals surface area contributed by atoms with Crippen molar-refractivity contribution in [2.45, 2.75) is 38.9 Å². The van der Waals surface area contributed by atoms with Crippen molar-refractivity contribution in [3.05, 3.63) is 69.6 Å².